The summed E-state index contributed by atoms with van der Waals surface area (Å²) in [5, 5.41) is 17.5. The molecule has 94 valence electrons. The summed E-state index contributed by atoms with van der Waals surface area (Å²) in [7, 11) is 0. The summed E-state index contributed by atoms with van der Waals surface area (Å²) in [6.07, 6.45) is 1.36. The topological polar surface area (TPSA) is 81.4 Å². The Labute approximate surface area is 105 Å². The van der Waals surface area contributed by atoms with Gasteiger partial charge in [0.1, 0.15) is 6.04 Å². The summed E-state index contributed by atoms with van der Waals surface area (Å²) in [6.45, 7) is 2.51. The van der Waals surface area contributed by atoms with Crippen LogP contribution >= 0.6 is 11.8 Å². The van der Waals surface area contributed by atoms with E-state index in [1.165, 1.54) is 16.7 Å². The number of hydrogen-bond acceptors (Lipinski definition) is 4. The first-order valence-corrected chi connectivity index (χ1v) is 6.68. The van der Waals surface area contributed by atoms with E-state index in [4.69, 9.17) is 10.4 Å². The van der Waals surface area contributed by atoms with Crippen molar-refractivity contribution in [2.75, 3.05) is 18.1 Å². The highest BCUT2D eigenvalue weighted by atomic mass is 32.2. The molecule has 0 spiro atoms. The number of carbonyl (C=O) groups is 2. The van der Waals surface area contributed by atoms with Crippen LogP contribution in [0.5, 0.6) is 0 Å². The van der Waals surface area contributed by atoms with Gasteiger partial charge < -0.3 is 10.0 Å². The summed E-state index contributed by atoms with van der Waals surface area (Å²) in [4.78, 5) is 24.4. The number of thioether (sulfide) groups is 1. The van der Waals surface area contributed by atoms with Gasteiger partial charge in [0, 0.05) is 6.54 Å². The molecule has 2 unspecified atom stereocenters. The van der Waals surface area contributed by atoms with E-state index >= 15 is 0 Å². The molecule has 1 N–H and O–H groups in total. The van der Waals surface area contributed by atoms with Gasteiger partial charge in [-0.3, -0.25) is 4.79 Å². The number of nitrogens with zero attached hydrogens (tertiary/aromatic N) is 2. The quantitative estimate of drug-likeness (QED) is 0.757. The van der Waals surface area contributed by atoms with Crippen molar-refractivity contribution < 1.29 is 14.7 Å². The predicted molar refractivity (Wildman–Crippen MR) is 64.5 cm³/mol. The van der Waals surface area contributed by atoms with Gasteiger partial charge in [-0.1, -0.05) is 6.92 Å². The summed E-state index contributed by atoms with van der Waals surface area (Å²) in [6, 6.07) is 1.24. The van der Waals surface area contributed by atoms with Crippen molar-refractivity contribution in [1.82, 2.24) is 4.90 Å². The van der Waals surface area contributed by atoms with E-state index in [0.717, 1.165) is 6.42 Å². The lowest BCUT2D eigenvalue weighted by Gasteiger charge is -2.35. The van der Waals surface area contributed by atoms with E-state index < -0.39 is 12.0 Å². The fraction of sp³-hybridized carbons (Fsp3) is 0.727. The Morgan fingerprint density at radius 3 is 2.88 bits per heavy atom. The van der Waals surface area contributed by atoms with Crippen molar-refractivity contribution >= 4 is 23.6 Å². The summed E-state index contributed by atoms with van der Waals surface area (Å²) < 4.78 is 0. The Morgan fingerprint density at radius 1 is 1.59 bits per heavy atom. The van der Waals surface area contributed by atoms with Crippen LogP contribution < -0.4 is 0 Å². The van der Waals surface area contributed by atoms with Gasteiger partial charge in [0.15, 0.2) is 0 Å². The fourth-order valence-corrected chi connectivity index (χ4v) is 2.47. The van der Waals surface area contributed by atoms with Crippen molar-refractivity contribution in [2.45, 2.75) is 25.8 Å². The fourth-order valence-electron chi connectivity index (χ4n) is 1.94. The molecule has 2 atom stereocenters. The predicted octanol–water partition coefficient (Wildman–Crippen LogP) is 0.955. The van der Waals surface area contributed by atoms with Crippen molar-refractivity contribution in [3.8, 4) is 6.07 Å². The van der Waals surface area contributed by atoms with E-state index in [-0.39, 0.29) is 17.4 Å². The molecule has 1 rings (SSSR count). The van der Waals surface area contributed by atoms with Gasteiger partial charge in [0.25, 0.3) is 0 Å². The zero-order chi connectivity index (χ0) is 12.8. The lowest BCUT2D eigenvalue weighted by molar-refractivity contribution is -0.151. The third kappa shape index (κ3) is 3.93. The molecule has 1 aliphatic heterocycles. The van der Waals surface area contributed by atoms with Crippen LogP contribution in [0.15, 0.2) is 0 Å². The summed E-state index contributed by atoms with van der Waals surface area (Å²) >= 11 is 1.22. The smallest absolute Gasteiger partial charge is 0.326 e. The maximum absolute atomic E-state index is 11.8. The van der Waals surface area contributed by atoms with Gasteiger partial charge in [-0.05, 0) is 18.8 Å². The van der Waals surface area contributed by atoms with Gasteiger partial charge in [-0.25, -0.2) is 4.79 Å². The molecule has 0 radical (unpaired) electrons. The number of carboxylic acid groups (broad SMARTS) is 1. The first-order chi connectivity index (χ1) is 8.06. The number of nitriles is 1. The average molecular weight is 256 g/mol. The van der Waals surface area contributed by atoms with Crippen molar-refractivity contribution in [2.24, 2.45) is 5.92 Å². The van der Waals surface area contributed by atoms with Gasteiger partial charge in [0.05, 0.1) is 17.6 Å². The maximum Gasteiger partial charge on any atom is 0.326 e. The lowest BCUT2D eigenvalue weighted by atomic mass is 9.92. The second-order valence-electron chi connectivity index (χ2n) is 4.22. The highest BCUT2D eigenvalue weighted by molar-refractivity contribution is 8.00. The van der Waals surface area contributed by atoms with Crippen LogP contribution in [0.25, 0.3) is 0 Å². The molecule has 5 nitrogen and oxygen atoms in total. The van der Waals surface area contributed by atoms with E-state index in [1.54, 1.807) is 0 Å². The Hall–Kier alpha value is -1.22. The molecule has 0 aromatic rings. The second-order valence-corrected chi connectivity index (χ2v) is 5.21. The number of amides is 1. The molecule has 0 aromatic heterocycles. The molecule has 17 heavy (non-hydrogen) atoms. The number of likely N-dealkylation sites (tertiary alicyclic amines) is 1. The van der Waals surface area contributed by atoms with Crippen LogP contribution in [0.2, 0.25) is 0 Å². The van der Waals surface area contributed by atoms with Crippen LogP contribution in [-0.4, -0.2) is 46.0 Å². The van der Waals surface area contributed by atoms with Crippen molar-refractivity contribution in [3.05, 3.63) is 0 Å². The van der Waals surface area contributed by atoms with Crippen molar-refractivity contribution in [3.63, 3.8) is 0 Å². The normalized spacial score (nSPS) is 24.1. The van der Waals surface area contributed by atoms with Crippen LogP contribution in [0, 0.1) is 17.2 Å². The largest absolute Gasteiger partial charge is 0.480 e. The summed E-state index contributed by atoms with van der Waals surface area (Å²) in [5.41, 5.74) is 0. The molecular formula is C11H16N2O3S. The number of piperidine rings is 1. The summed E-state index contributed by atoms with van der Waals surface area (Å²) in [5.74, 6) is -0.328. The van der Waals surface area contributed by atoms with Gasteiger partial charge in [-0.15, -0.1) is 11.8 Å². The van der Waals surface area contributed by atoms with Crippen LogP contribution in [0.3, 0.4) is 0 Å². The van der Waals surface area contributed by atoms with Crippen LogP contribution in [-0.2, 0) is 9.59 Å². The molecule has 0 bridgehead atoms. The standard InChI is InChI=1S/C11H16N2O3S/c1-8-2-4-13(9(6-8)11(15)16)10(14)7-17-5-3-12/h8-9H,2,4-7H2,1H3,(H,15,16). The Balaban J connectivity index is 2.57. The Kier molecular flexibility index (Phi) is 5.29. The monoisotopic (exact) mass is 256 g/mol. The number of aliphatic carboxylic acids is 1. The molecule has 1 fully saturated rings. The van der Waals surface area contributed by atoms with Crippen LogP contribution in [0.1, 0.15) is 19.8 Å². The lowest BCUT2D eigenvalue weighted by Crippen LogP contribution is -2.50. The van der Waals surface area contributed by atoms with E-state index in [0.29, 0.717) is 18.9 Å². The first kappa shape index (κ1) is 13.8. The Bertz CT molecular complexity index is 340. The van der Waals surface area contributed by atoms with E-state index in [9.17, 15) is 9.59 Å². The van der Waals surface area contributed by atoms with Crippen molar-refractivity contribution in [1.29, 1.82) is 5.26 Å². The third-order valence-corrected chi connectivity index (χ3v) is 3.65. The zero-order valence-electron chi connectivity index (χ0n) is 9.76. The zero-order valence-corrected chi connectivity index (χ0v) is 10.6. The minimum atomic E-state index is -0.935. The number of hydrogen-bond donors (Lipinski definition) is 1. The van der Waals surface area contributed by atoms with Crippen LogP contribution in [0.4, 0.5) is 0 Å². The minimum absolute atomic E-state index is 0.176. The number of rotatable bonds is 4. The number of carboxylic acids is 1. The van der Waals surface area contributed by atoms with Gasteiger partial charge >= 0.3 is 5.97 Å². The number of carbonyl (C=O) groups excluding carboxylic acids is 1. The molecule has 0 saturated carbocycles. The molecule has 6 heteroatoms. The van der Waals surface area contributed by atoms with E-state index in [2.05, 4.69) is 0 Å². The molecule has 1 saturated heterocycles. The molecule has 0 aliphatic carbocycles. The molecule has 1 amide bonds. The minimum Gasteiger partial charge on any atom is -0.480 e. The van der Waals surface area contributed by atoms with Gasteiger partial charge in [-0.2, -0.15) is 5.26 Å². The first-order valence-electron chi connectivity index (χ1n) is 5.53. The third-order valence-electron chi connectivity index (χ3n) is 2.86. The average Bonchev–Trinajstić information content (AvgIpc) is 2.29. The highest BCUT2D eigenvalue weighted by Crippen LogP contribution is 2.23. The Morgan fingerprint density at radius 2 is 2.29 bits per heavy atom. The molecular weight excluding hydrogens is 240 g/mol. The second kappa shape index (κ2) is 6.50. The molecule has 1 heterocycles. The maximum atomic E-state index is 11.8. The SMILES string of the molecule is CC1CCN(C(=O)CSCC#N)C(C(=O)O)C1. The highest BCUT2D eigenvalue weighted by Gasteiger charge is 2.34. The molecule has 1 aliphatic rings. The van der Waals surface area contributed by atoms with Gasteiger partial charge in [0.2, 0.25) is 5.91 Å². The molecule has 0 aromatic carbocycles. The van der Waals surface area contributed by atoms with E-state index in [1.807, 2.05) is 13.0 Å².